The molecule has 0 bridgehead atoms. The van der Waals surface area contributed by atoms with E-state index in [2.05, 4.69) is 35.7 Å². The van der Waals surface area contributed by atoms with Gasteiger partial charge in [-0.2, -0.15) is 5.26 Å². The highest BCUT2D eigenvalue weighted by Crippen LogP contribution is 2.23. The minimum Gasteiger partial charge on any atom is -0.380 e. The number of benzene rings is 3. The van der Waals surface area contributed by atoms with Crippen LogP contribution in [0.25, 0.3) is 10.8 Å². The van der Waals surface area contributed by atoms with Gasteiger partial charge in [0, 0.05) is 17.6 Å². The fourth-order valence-corrected chi connectivity index (χ4v) is 2.35. The van der Waals surface area contributed by atoms with E-state index in [4.69, 9.17) is 5.26 Å². The molecule has 0 heterocycles. The number of nitrogens with one attached hydrogen (secondary N) is 1. The van der Waals surface area contributed by atoms with Gasteiger partial charge in [-0.15, -0.1) is 0 Å². The zero-order valence-electron chi connectivity index (χ0n) is 11.0. The van der Waals surface area contributed by atoms with Crippen LogP contribution in [0.15, 0.2) is 66.7 Å². The Kier molecular flexibility index (Phi) is 3.34. The third kappa shape index (κ3) is 2.34. The van der Waals surface area contributed by atoms with Crippen molar-refractivity contribution < 1.29 is 0 Å². The Morgan fingerprint density at radius 2 is 1.60 bits per heavy atom. The molecule has 0 radical (unpaired) electrons. The predicted molar refractivity (Wildman–Crippen MR) is 82.4 cm³/mol. The quantitative estimate of drug-likeness (QED) is 0.759. The monoisotopic (exact) mass is 258 g/mol. The van der Waals surface area contributed by atoms with Gasteiger partial charge in [0.15, 0.2) is 0 Å². The average molecular weight is 258 g/mol. The second kappa shape index (κ2) is 5.46. The largest absolute Gasteiger partial charge is 0.380 e. The standard InChI is InChI=1S/C18H14N2/c19-12-15-7-1-2-8-16(15)13-20-18-11-5-9-14-6-3-4-10-17(14)18/h1-11,20H,13H2. The number of rotatable bonds is 3. The summed E-state index contributed by atoms with van der Waals surface area (Å²) in [5, 5.41) is 14.9. The lowest BCUT2D eigenvalue weighted by Crippen LogP contribution is -2.01. The molecule has 0 aromatic heterocycles. The first-order valence-corrected chi connectivity index (χ1v) is 6.58. The molecule has 0 aliphatic heterocycles. The molecule has 0 saturated carbocycles. The van der Waals surface area contributed by atoms with Gasteiger partial charge in [-0.05, 0) is 23.1 Å². The van der Waals surface area contributed by atoms with Gasteiger partial charge in [0.05, 0.1) is 11.6 Å². The molecule has 2 heteroatoms. The van der Waals surface area contributed by atoms with Gasteiger partial charge >= 0.3 is 0 Å². The van der Waals surface area contributed by atoms with Crippen molar-refractivity contribution in [3.05, 3.63) is 77.9 Å². The molecule has 96 valence electrons. The predicted octanol–water partition coefficient (Wildman–Crippen LogP) is 4.32. The van der Waals surface area contributed by atoms with Gasteiger partial charge in [0.25, 0.3) is 0 Å². The SMILES string of the molecule is N#Cc1ccccc1CNc1cccc2ccccc12. The number of anilines is 1. The van der Waals surface area contributed by atoms with E-state index in [1.807, 2.05) is 42.5 Å². The maximum atomic E-state index is 9.11. The minimum absolute atomic E-state index is 0.651. The lowest BCUT2D eigenvalue weighted by Gasteiger charge is -2.10. The van der Waals surface area contributed by atoms with Crippen LogP contribution < -0.4 is 5.32 Å². The van der Waals surface area contributed by atoms with Crippen molar-refractivity contribution in [3.8, 4) is 6.07 Å². The molecular formula is C18H14N2. The van der Waals surface area contributed by atoms with Gasteiger partial charge in [0.2, 0.25) is 0 Å². The molecule has 0 atom stereocenters. The average Bonchev–Trinajstić information content (AvgIpc) is 2.53. The van der Waals surface area contributed by atoms with E-state index in [1.54, 1.807) is 0 Å². The summed E-state index contributed by atoms with van der Waals surface area (Å²) >= 11 is 0. The Labute approximate surface area is 118 Å². The van der Waals surface area contributed by atoms with E-state index < -0.39 is 0 Å². The second-order valence-corrected chi connectivity index (χ2v) is 4.65. The van der Waals surface area contributed by atoms with Crippen molar-refractivity contribution >= 4 is 16.5 Å². The van der Waals surface area contributed by atoms with Gasteiger partial charge < -0.3 is 5.32 Å². The second-order valence-electron chi connectivity index (χ2n) is 4.65. The summed E-state index contributed by atoms with van der Waals surface area (Å²) < 4.78 is 0. The Morgan fingerprint density at radius 3 is 2.50 bits per heavy atom. The Morgan fingerprint density at radius 1 is 0.850 bits per heavy atom. The summed E-state index contributed by atoms with van der Waals surface area (Å²) in [7, 11) is 0. The van der Waals surface area contributed by atoms with Crippen molar-refractivity contribution in [2.75, 3.05) is 5.32 Å². The van der Waals surface area contributed by atoms with Crippen LogP contribution in [-0.2, 0) is 6.54 Å². The van der Waals surface area contributed by atoms with E-state index in [0.717, 1.165) is 16.8 Å². The summed E-state index contributed by atoms with van der Waals surface area (Å²) in [4.78, 5) is 0. The van der Waals surface area contributed by atoms with Crippen molar-refractivity contribution in [1.29, 1.82) is 5.26 Å². The van der Waals surface area contributed by atoms with Crippen LogP contribution in [0, 0.1) is 11.3 Å². The number of fused-ring (bicyclic) bond motifs is 1. The van der Waals surface area contributed by atoms with E-state index in [-0.39, 0.29) is 0 Å². The molecular weight excluding hydrogens is 244 g/mol. The minimum atomic E-state index is 0.651. The number of hydrogen-bond donors (Lipinski definition) is 1. The van der Waals surface area contributed by atoms with Crippen LogP contribution in [0.1, 0.15) is 11.1 Å². The molecule has 1 N–H and O–H groups in total. The number of nitrogens with zero attached hydrogens (tertiary/aromatic N) is 1. The molecule has 20 heavy (non-hydrogen) atoms. The third-order valence-electron chi connectivity index (χ3n) is 3.40. The molecule has 3 aromatic rings. The van der Waals surface area contributed by atoms with Crippen molar-refractivity contribution in [2.45, 2.75) is 6.54 Å². The molecule has 3 aromatic carbocycles. The number of hydrogen-bond acceptors (Lipinski definition) is 2. The molecule has 0 amide bonds. The summed E-state index contributed by atoms with van der Waals surface area (Å²) in [6.45, 7) is 0.651. The lowest BCUT2D eigenvalue weighted by atomic mass is 10.1. The molecule has 0 unspecified atom stereocenters. The zero-order valence-corrected chi connectivity index (χ0v) is 11.0. The fraction of sp³-hybridized carbons (Fsp3) is 0.0556. The smallest absolute Gasteiger partial charge is 0.0995 e. The molecule has 0 saturated heterocycles. The molecule has 3 rings (SSSR count). The first kappa shape index (κ1) is 12.3. The molecule has 2 nitrogen and oxygen atoms in total. The van der Waals surface area contributed by atoms with Gasteiger partial charge in [-0.1, -0.05) is 54.6 Å². The molecule has 0 spiro atoms. The fourth-order valence-electron chi connectivity index (χ4n) is 2.35. The summed E-state index contributed by atoms with van der Waals surface area (Å²) in [5.74, 6) is 0. The number of nitriles is 1. The topological polar surface area (TPSA) is 35.8 Å². The maximum absolute atomic E-state index is 9.11. The van der Waals surface area contributed by atoms with E-state index in [0.29, 0.717) is 6.54 Å². The normalized spacial score (nSPS) is 10.2. The lowest BCUT2D eigenvalue weighted by molar-refractivity contribution is 1.14. The first-order chi connectivity index (χ1) is 9.88. The highest BCUT2D eigenvalue weighted by atomic mass is 14.9. The van der Waals surface area contributed by atoms with E-state index in [1.165, 1.54) is 10.8 Å². The summed E-state index contributed by atoms with van der Waals surface area (Å²) in [6, 6.07) is 24.4. The highest BCUT2D eigenvalue weighted by molar-refractivity contribution is 5.93. The van der Waals surface area contributed by atoms with Gasteiger partial charge in [0.1, 0.15) is 0 Å². The Balaban J connectivity index is 1.89. The van der Waals surface area contributed by atoms with Crippen molar-refractivity contribution in [3.63, 3.8) is 0 Å². The Bertz CT molecular complexity index is 779. The van der Waals surface area contributed by atoms with E-state index in [9.17, 15) is 0 Å². The van der Waals surface area contributed by atoms with Crippen molar-refractivity contribution in [2.24, 2.45) is 0 Å². The third-order valence-corrected chi connectivity index (χ3v) is 3.40. The molecule has 0 aliphatic carbocycles. The highest BCUT2D eigenvalue weighted by Gasteiger charge is 2.02. The van der Waals surface area contributed by atoms with Crippen molar-refractivity contribution in [1.82, 2.24) is 0 Å². The van der Waals surface area contributed by atoms with Crippen LogP contribution in [0.2, 0.25) is 0 Å². The van der Waals surface area contributed by atoms with Crippen LogP contribution in [0.5, 0.6) is 0 Å². The first-order valence-electron chi connectivity index (χ1n) is 6.58. The van der Waals surface area contributed by atoms with Crippen LogP contribution >= 0.6 is 0 Å². The summed E-state index contributed by atoms with van der Waals surface area (Å²) in [5.41, 5.74) is 2.83. The van der Waals surface area contributed by atoms with Crippen LogP contribution in [-0.4, -0.2) is 0 Å². The van der Waals surface area contributed by atoms with Crippen LogP contribution in [0.3, 0.4) is 0 Å². The van der Waals surface area contributed by atoms with Gasteiger partial charge in [-0.3, -0.25) is 0 Å². The molecule has 0 aliphatic rings. The van der Waals surface area contributed by atoms with Gasteiger partial charge in [-0.25, -0.2) is 0 Å². The van der Waals surface area contributed by atoms with Crippen LogP contribution in [0.4, 0.5) is 5.69 Å². The molecule has 0 fully saturated rings. The summed E-state index contributed by atoms with van der Waals surface area (Å²) in [6.07, 6.45) is 0. The van der Waals surface area contributed by atoms with E-state index >= 15 is 0 Å². The maximum Gasteiger partial charge on any atom is 0.0995 e. The zero-order chi connectivity index (χ0) is 13.8. The Hall–Kier alpha value is -2.79.